The van der Waals surface area contributed by atoms with Crippen LogP contribution >= 0.6 is 0 Å². The minimum Gasteiger partial charge on any atom is -0.392 e. The Kier molecular flexibility index (Phi) is 9.13. The molecule has 0 heterocycles. The molecular weight excluding hydrogens is 280 g/mol. The van der Waals surface area contributed by atoms with Gasteiger partial charge in [-0.1, -0.05) is 13.0 Å². The summed E-state index contributed by atoms with van der Waals surface area (Å²) >= 11 is 0. The Hall–Kier alpha value is -0.710. The molecule has 0 saturated heterocycles. The van der Waals surface area contributed by atoms with Crippen LogP contribution in [0.25, 0.3) is 0 Å². The van der Waals surface area contributed by atoms with E-state index in [0.29, 0.717) is 6.42 Å². The molecule has 0 radical (unpaired) electrons. The van der Waals surface area contributed by atoms with Crippen LogP contribution in [0.15, 0.2) is 12.7 Å². The lowest BCUT2D eigenvalue weighted by molar-refractivity contribution is -0.228. The lowest BCUT2D eigenvalue weighted by Gasteiger charge is -2.36. The SMILES string of the molecule is C=CCC(C)C(O)CC(=O)C(C)(C)C(OC(C)C)OC(C)C. The van der Waals surface area contributed by atoms with Crippen molar-refractivity contribution in [2.75, 3.05) is 0 Å². The summed E-state index contributed by atoms with van der Waals surface area (Å²) in [5.41, 5.74) is -0.816. The Labute approximate surface area is 135 Å². The van der Waals surface area contributed by atoms with Crippen molar-refractivity contribution in [2.45, 2.75) is 85.9 Å². The molecule has 4 heteroatoms. The van der Waals surface area contributed by atoms with Crippen molar-refractivity contribution in [1.29, 1.82) is 0 Å². The standard InChI is InChI=1S/C18H34O4/c1-9-10-14(6)15(19)11-16(20)18(7,8)17(21-12(2)3)22-13(4)5/h9,12-15,17,19H,1,10-11H2,2-8H3. The number of aliphatic hydroxyl groups is 1. The van der Waals surface area contributed by atoms with Crippen LogP contribution in [0.3, 0.4) is 0 Å². The van der Waals surface area contributed by atoms with Gasteiger partial charge in [0.05, 0.1) is 23.7 Å². The number of carbonyl (C=O) groups excluding carboxylic acids is 1. The van der Waals surface area contributed by atoms with E-state index in [4.69, 9.17) is 9.47 Å². The summed E-state index contributed by atoms with van der Waals surface area (Å²) in [5.74, 6) is -0.0463. The van der Waals surface area contributed by atoms with Crippen LogP contribution in [0, 0.1) is 11.3 Å². The molecule has 0 aromatic heterocycles. The van der Waals surface area contributed by atoms with Crippen molar-refractivity contribution in [3.05, 3.63) is 12.7 Å². The van der Waals surface area contributed by atoms with Crippen molar-refractivity contribution in [2.24, 2.45) is 11.3 Å². The number of Topliss-reactive ketones (excluding diaryl/α,β-unsaturated/α-hetero) is 1. The molecule has 0 saturated carbocycles. The van der Waals surface area contributed by atoms with Crippen molar-refractivity contribution < 1.29 is 19.4 Å². The summed E-state index contributed by atoms with van der Waals surface area (Å²) in [7, 11) is 0. The van der Waals surface area contributed by atoms with Gasteiger partial charge in [0, 0.05) is 6.42 Å². The van der Waals surface area contributed by atoms with Crippen molar-refractivity contribution in [1.82, 2.24) is 0 Å². The number of allylic oxidation sites excluding steroid dienone is 1. The molecule has 0 spiro atoms. The maximum atomic E-state index is 12.6. The summed E-state index contributed by atoms with van der Waals surface area (Å²) in [5, 5.41) is 10.2. The number of ketones is 1. The van der Waals surface area contributed by atoms with Gasteiger partial charge in [0.2, 0.25) is 0 Å². The van der Waals surface area contributed by atoms with E-state index >= 15 is 0 Å². The van der Waals surface area contributed by atoms with Crippen molar-refractivity contribution in [3.8, 4) is 0 Å². The fourth-order valence-corrected chi connectivity index (χ4v) is 2.07. The van der Waals surface area contributed by atoms with Crippen LogP contribution in [0.5, 0.6) is 0 Å². The third kappa shape index (κ3) is 7.03. The average Bonchev–Trinajstić information content (AvgIpc) is 2.36. The number of rotatable bonds is 11. The van der Waals surface area contributed by atoms with E-state index in [9.17, 15) is 9.90 Å². The van der Waals surface area contributed by atoms with Crippen LogP contribution in [0.2, 0.25) is 0 Å². The van der Waals surface area contributed by atoms with Gasteiger partial charge in [0.15, 0.2) is 6.29 Å². The van der Waals surface area contributed by atoms with Gasteiger partial charge in [-0.25, -0.2) is 0 Å². The van der Waals surface area contributed by atoms with E-state index in [1.165, 1.54) is 0 Å². The Morgan fingerprint density at radius 2 is 1.59 bits per heavy atom. The monoisotopic (exact) mass is 314 g/mol. The summed E-state index contributed by atoms with van der Waals surface area (Å²) in [4.78, 5) is 12.6. The number of hydrogen-bond acceptors (Lipinski definition) is 4. The third-order valence-corrected chi connectivity index (χ3v) is 3.69. The molecular formula is C18H34O4. The fraction of sp³-hybridized carbons (Fsp3) is 0.833. The highest BCUT2D eigenvalue weighted by Crippen LogP contribution is 2.30. The molecule has 22 heavy (non-hydrogen) atoms. The molecule has 0 aliphatic rings. The second-order valence-electron chi connectivity index (χ2n) is 7.12. The third-order valence-electron chi connectivity index (χ3n) is 3.69. The zero-order chi connectivity index (χ0) is 17.5. The topological polar surface area (TPSA) is 55.8 Å². The molecule has 4 nitrogen and oxygen atoms in total. The van der Waals surface area contributed by atoms with Crippen LogP contribution in [0.4, 0.5) is 0 Å². The van der Waals surface area contributed by atoms with Gasteiger partial charge < -0.3 is 14.6 Å². The lowest BCUT2D eigenvalue weighted by Crippen LogP contribution is -2.44. The van der Waals surface area contributed by atoms with Crippen LogP contribution < -0.4 is 0 Å². The van der Waals surface area contributed by atoms with E-state index in [1.54, 1.807) is 6.08 Å². The summed E-state index contributed by atoms with van der Waals surface area (Å²) in [6.07, 6.45) is 1.16. The zero-order valence-corrected chi connectivity index (χ0v) is 15.3. The van der Waals surface area contributed by atoms with Gasteiger partial charge in [-0.2, -0.15) is 0 Å². The van der Waals surface area contributed by atoms with E-state index in [-0.39, 0.29) is 30.3 Å². The fourth-order valence-electron chi connectivity index (χ4n) is 2.07. The maximum Gasteiger partial charge on any atom is 0.170 e. The van der Waals surface area contributed by atoms with Gasteiger partial charge >= 0.3 is 0 Å². The maximum absolute atomic E-state index is 12.6. The molecule has 2 atom stereocenters. The predicted octanol–water partition coefficient (Wildman–Crippen LogP) is 3.72. The van der Waals surface area contributed by atoms with Crippen molar-refractivity contribution in [3.63, 3.8) is 0 Å². The smallest absolute Gasteiger partial charge is 0.170 e. The second-order valence-corrected chi connectivity index (χ2v) is 7.12. The first-order valence-electron chi connectivity index (χ1n) is 8.15. The highest BCUT2D eigenvalue weighted by Gasteiger charge is 2.40. The quantitative estimate of drug-likeness (QED) is 0.466. The zero-order valence-electron chi connectivity index (χ0n) is 15.3. The van der Waals surface area contributed by atoms with E-state index in [0.717, 1.165) is 0 Å². The number of aliphatic hydroxyl groups excluding tert-OH is 1. The van der Waals surface area contributed by atoms with Gasteiger partial charge in [-0.05, 0) is 53.9 Å². The average molecular weight is 314 g/mol. The number of carbonyl (C=O) groups is 1. The van der Waals surface area contributed by atoms with Gasteiger partial charge in [-0.3, -0.25) is 4.79 Å². The van der Waals surface area contributed by atoms with Crippen LogP contribution in [-0.2, 0) is 14.3 Å². The largest absolute Gasteiger partial charge is 0.392 e. The number of ether oxygens (including phenoxy) is 2. The Balaban J connectivity index is 4.96. The minimum absolute atomic E-state index is 0.00716. The van der Waals surface area contributed by atoms with E-state index in [1.807, 2.05) is 48.5 Å². The lowest BCUT2D eigenvalue weighted by atomic mass is 9.82. The second kappa shape index (κ2) is 9.43. The van der Waals surface area contributed by atoms with Gasteiger partial charge in [0.25, 0.3) is 0 Å². The van der Waals surface area contributed by atoms with Crippen LogP contribution in [-0.4, -0.2) is 35.5 Å². The summed E-state index contributed by atoms with van der Waals surface area (Å²) in [6, 6.07) is 0. The molecule has 0 aromatic carbocycles. The molecule has 0 aliphatic heterocycles. The predicted molar refractivity (Wildman–Crippen MR) is 89.6 cm³/mol. The van der Waals surface area contributed by atoms with Crippen molar-refractivity contribution >= 4 is 5.78 Å². The molecule has 0 rings (SSSR count). The van der Waals surface area contributed by atoms with Gasteiger partial charge in [-0.15, -0.1) is 6.58 Å². The highest BCUT2D eigenvalue weighted by molar-refractivity contribution is 5.85. The minimum atomic E-state index is -0.816. The molecule has 0 aliphatic carbocycles. The van der Waals surface area contributed by atoms with Gasteiger partial charge in [0.1, 0.15) is 5.78 Å². The normalized spacial score (nSPS) is 15.4. The summed E-state index contributed by atoms with van der Waals surface area (Å²) in [6.45, 7) is 16.9. The first-order valence-corrected chi connectivity index (χ1v) is 8.15. The molecule has 0 fully saturated rings. The Bertz CT molecular complexity index is 337. The number of hydrogen-bond donors (Lipinski definition) is 1. The first-order chi connectivity index (χ1) is 10.0. The molecule has 2 unspecified atom stereocenters. The highest BCUT2D eigenvalue weighted by atomic mass is 16.7. The molecule has 0 aromatic rings. The molecule has 1 N–H and O–H groups in total. The Morgan fingerprint density at radius 3 is 1.95 bits per heavy atom. The summed E-state index contributed by atoms with van der Waals surface area (Å²) < 4.78 is 11.6. The van der Waals surface area contributed by atoms with E-state index in [2.05, 4.69) is 6.58 Å². The van der Waals surface area contributed by atoms with E-state index < -0.39 is 17.8 Å². The first kappa shape index (κ1) is 21.3. The molecule has 130 valence electrons. The molecule has 0 bridgehead atoms. The Morgan fingerprint density at radius 1 is 1.14 bits per heavy atom. The van der Waals surface area contributed by atoms with Crippen LogP contribution in [0.1, 0.15) is 61.3 Å². The molecule has 0 amide bonds.